The van der Waals surface area contributed by atoms with Crippen molar-refractivity contribution in [2.45, 2.75) is 38.3 Å². The molecule has 19 heavy (non-hydrogen) atoms. The third-order valence-electron chi connectivity index (χ3n) is 5.54. The molecular weight excluding hydrogens is 236 g/mol. The van der Waals surface area contributed by atoms with Crippen LogP contribution < -0.4 is 0 Å². The van der Waals surface area contributed by atoms with E-state index in [4.69, 9.17) is 4.42 Å². The van der Waals surface area contributed by atoms with Gasteiger partial charge in [-0.05, 0) is 43.2 Å². The van der Waals surface area contributed by atoms with Crippen LogP contribution in [0.15, 0.2) is 22.8 Å². The highest BCUT2D eigenvalue weighted by atomic mass is 16.3. The van der Waals surface area contributed by atoms with Crippen LogP contribution in [0.4, 0.5) is 0 Å². The van der Waals surface area contributed by atoms with E-state index in [-0.39, 0.29) is 0 Å². The molecule has 0 N–H and O–H groups in total. The van der Waals surface area contributed by atoms with Crippen LogP contribution in [0.25, 0.3) is 0 Å². The summed E-state index contributed by atoms with van der Waals surface area (Å²) in [6.07, 6.45) is 7.81. The number of rotatable bonds is 3. The van der Waals surface area contributed by atoms with Crippen molar-refractivity contribution in [1.29, 1.82) is 0 Å². The summed E-state index contributed by atoms with van der Waals surface area (Å²) >= 11 is 0. The molecule has 2 bridgehead atoms. The van der Waals surface area contributed by atoms with Crippen LogP contribution in [-0.2, 0) is 6.54 Å². The average molecular weight is 260 g/mol. The van der Waals surface area contributed by atoms with Gasteiger partial charge in [-0.3, -0.25) is 9.80 Å². The van der Waals surface area contributed by atoms with Crippen LogP contribution in [-0.4, -0.2) is 42.0 Å². The molecule has 1 saturated heterocycles. The second kappa shape index (κ2) is 4.95. The molecule has 1 aromatic rings. The lowest BCUT2D eigenvalue weighted by atomic mass is 9.93. The van der Waals surface area contributed by atoms with E-state index in [1.54, 1.807) is 6.26 Å². The smallest absolute Gasteiger partial charge is 0.117 e. The van der Waals surface area contributed by atoms with Crippen LogP contribution >= 0.6 is 0 Å². The quantitative estimate of drug-likeness (QED) is 0.833. The molecule has 2 saturated carbocycles. The molecule has 2 heterocycles. The number of hydrogen-bond acceptors (Lipinski definition) is 3. The fourth-order valence-electron chi connectivity index (χ4n) is 4.53. The van der Waals surface area contributed by atoms with Gasteiger partial charge in [0.25, 0.3) is 0 Å². The van der Waals surface area contributed by atoms with E-state index in [0.717, 1.165) is 30.2 Å². The first-order chi connectivity index (χ1) is 9.38. The lowest BCUT2D eigenvalue weighted by Crippen LogP contribution is -2.51. The minimum atomic E-state index is 0.921. The predicted molar refractivity (Wildman–Crippen MR) is 74.8 cm³/mol. The first-order valence-electron chi connectivity index (χ1n) is 7.87. The van der Waals surface area contributed by atoms with Gasteiger partial charge < -0.3 is 4.42 Å². The van der Waals surface area contributed by atoms with E-state index in [9.17, 15) is 0 Å². The van der Waals surface area contributed by atoms with Crippen molar-refractivity contribution >= 4 is 0 Å². The normalized spacial score (nSPS) is 36.1. The highest BCUT2D eigenvalue weighted by Crippen LogP contribution is 2.46. The number of fused-ring (bicyclic) bond motifs is 2. The van der Waals surface area contributed by atoms with E-state index < -0.39 is 0 Å². The Morgan fingerprint density at radius 1 is 1.11 bits per heavy atom. The molecule has 1 aliphatic heterocycles. The SMILES string of the molecule is c1coc(CN2CCN([C@H]3C[C@H]4CC[C@H]3C4)CC2)c1. The van der Waals surface area contributed by atoms with Gasteiger partial charge in [-0.15, -0.1) is 0 Å². The molecule has 0 unspecified atom stereocenters. The van der Waals surface area contributed by atoms with Crippen molar-refractivity contribution in [1.82, 2.24) is 9.80 Å². The van der Waals surface area contributed by atoms with E-state index in [1.165, 1.54) is 51.9 Å². The Morgan fingerprint density at radius 3 is 2.63 bits per heavy atom. The lowest BCUT2D eigenvalue weighted by Gasteiger charge is -2.40. The maximum absolute atomic E-state index is 5.45. The molecular formula is C16H24N2O. The summed E-state index contributed by atoms with van der Waals surface area (Å²) in [6, 6.07) is 4.99. The topological polar surface area (TPSA) is 19.6 Å². The van der Waals surface area contributed by atoms with E-state index in [2.05, 4.69) is 15.9 Å². The fraction of sp³-hybridized carbons (Fsp3) is 0.750. The summed E-state index contributed by atoms with van der Waals surface area (Å²) in [5, 5.41) is 0. The number of piperazine rings is 1. The van der Waals surface area contributed by atoms with Gasteiger partial charge in [0.1, 0.15) is 5.76 Å². The molecule has 3 atom stereocenters. The zero-order valence-electron chi connectivity index (χ0n) is 11.6. The molecule has 3 aliphatic rings. The van der Waals surface area contributed by atoms with Gasteiger partial charge in [0.15, 0.2) is 0 Å². The molecule has 3 nitrogen and oxygen atoms in total. The Kier molecular flexibility index (Phi) is 3.12. The zero-order valence-corrected chi connectivity index (χ0v) is 11.6. The highest BCUT2D eigenvalue weighted by Gasteiger charge is 2.42. The van der Waals surface area contributed by atoms with Crippen LogP contribution in [0, 0.1) is 11.8 Å². The van der Waals surface area contributed by atoms with Crippen LogP contribution in [0.1, 0.15) is 31.4 Å². The number of furan rings is 1. The second-order valence-corrected chi connectivity index (χ2v) is 6.63. The molecule has 104 valence electrons. The minimum Gasteiger partial charge on any atom is -0.468 e. The van der Waals surface area contributed by atoms with Gasteiger partial charge in [0.2, 0.25) is 0 Å². The second-order valence-electron chi connectivity index (χ2n) is 6.63. The van der Waals surface area contributed by atoms with Crippen molar-refractivity contribution in [3.05, 3.63) is 24.2 Å². The summed E-state index contributed by atoms with van der Waals surface area (Å²) in [4.78, 5) is 5.31. The Morgan fingerprint density at radius 2 is 2.00 bits per heavy atom. The Labute approximate surface area is 115 Å². The van der Waals surface area contributed by atoms with Crippen molar-refractivity contribution in [2.24, 2.45) is 11.8 Å². The molecule has 0 aromatic carbocycles. The van der Waals surface area contributed by atoms with Gasteiger partial charge in [-0.2, -0.15) is 0 Å². The molecule has 2 aliphatic carbocycles. The maximum Gasteiger partial charge on any atom is 0.117 e. The summed E-state index contributed by atoms with van der Waals surface area (Å²) in [5.41, 5.74) is 0. The summed E-state index contributed by atoms with van der Waals surface area (Å²) in [6.45, 7) is 5.91. The minimum absolute atomic E-state index is 0.921. The van der Waals surface area contributed by atoms with Gasteiger partial charge in [-0.1, -0.05) is 6.42 Å². The molecule has 3 heteroatoms. The Balaban J connectivity index is 1.30. The fourth-order valence-corrected chi connectivity index (χ4v) is 4.53. The van der Waals surface area contributed by atoms with Gasteiger partial charge in [0, 0.05) is 32.2 Å². The Bertz CT molecular complexity index is 408. The van der Waals surface area contributed by atoms with Crippen LogP contribution in [0.3, 0.4) is 0 Å². The predicted octanol–water partition coefficient (Wildman–Crippen LogP) is 2.59. The van der Waals surface area contributed by atoms with Crippen LogP contribution in [0.2, 0.25) is 0 Å². The van der Waals surface area contributed by atoms with Crippen molar-refractivity contribution in [3.63, 3.8) is 0 Å². The first kappa shape index (κ1) is 12.0. The van der Waals surface area contributed by atoms with E-state index >= 15 is 0 Å². The average Bonchev–Trinajstić information content (AvgIpc) is 3.16. The summed E-state index contributed by atoms with van der Waals surface area (Å²) in [7, 11) is 0. The Hall–Kier alpha value is -0.800. The molecule has 0 amide bonds. The van der Waals surface area contributed by atoms with E-state index in [0.29, 0.717) is 0 Å². The lowest BCUT2D eigenvalue weighted by molar-refractivity contribution is 0.0650. The molecule has 0 spiro atoms. The third kappa shape index (κ3) is 2.34. The number of nitrogens with zero attached hydrogens (tertiary/aromatic N) is 2. The van der Waals surface area contributed by atoms with Gasteiger partial charge in [-0.25, -0.2) is 0 Å². The van der Waals surface area contributed by atoms with Crippen molar-refractivity contribution in [3.8, 4) is 0 Å². The van der Waals surface area contributed by atoms with Crippen LogP contribution in [0.5, 0.6) is 0 Å². The van der Waals surface area contributed by atoms with Gasteiger partial charge in [0.05, 0.1) is 12.8 Å². The van der Waals surface area contributed by atoms with E-state index in [1.807, 2.05) is 6.07 Å². The molecule has 4 rings (SSSR count). The molecule has 1 aromatic heterocycles. The number of hydrogen-bond donors (Lipinski definition) is 0. The van der Waals surface area contributed by atoms with Gasteiger partial charge >= 0.3 is 0 Å². The molecule has 3 fully saturated rings. The summed E-state index contributed by atoms with van der Waals surface area (Å²) in [5.74, 6) is 3.20. The van der Waals surface area contributed by atoms with Crippen molar-refractivity contribution < 1.29 is 4.42 Å². The standard InChI is InChI=1S/C16H24N2O/c1-2-15(19-9-1)12-17-5-7-18(8-6-17)16-11-13-3-4-14(16)10-13/h1-2,9,13-14,16H,3-8,10-12H2/t13-,14-,16-/m0/s1. The van der Waals surface area contributed by atoms with Crippen molar-refractivity contribution in [2.75, 3.05) is 26.2 Å². The maximum atomic E-state index is 5.45. The monoisotopic (exact) mass is 260 g/mol. The highest BCUT2D eigenvalue weighted by molar-refractivity contribution is 4.99. The first-order valence-corrected chi connectivity index (χ1v) is 7.87. The molecule has 0 radical (unpaired) electrons. The zero-order chi connectivity index (χ0) is 12.7. The summed E-state index contributed by atoms with van der Waals surface area (Å²) < 4.78 is 5.45. The largest absolute Gasteiger partial charge is 0.468 e. The third-order valence-corrected chi connectivity index (χ3v) is 5.54.